The average molecular weight is 272 g/mol. The van der Waals surface area contributed by atoms with Gasteiger partial charge in [-0.25, -0.2) is 0 Å². The van der Waals surface area contributed by atoms with Crippen molar-refractivity contribution in [1.82, 2.24) is 15.1 Å². The van der Waals surface area contributed by atoms with Gasteiger partial charge in [0.2, 0.25) is 0 Å². The SMILES string of the molecule is Cc1nn(C(CNC(C)(C)C)C(C)C)c(C)c1Cl. The summed E-state index contributed by atoms with van der Waals surface area (Å²) in [5, 5.41) is 8.92. The molecule has 1 heterocycles. The molecule has 1 atom stereocenters. The first kappa shape index (κ1) is 15.5. The van der Waals surface area contributed by atoms with Crippen molar-refractivity contribution in [2.45, 2.75) is 60.0 Å². The van der Waals surface area contributed by atoms with Crippen molar-refractivity contribution in [3.8, 4) is 0 Å². The van der Waals surface area contributed by atoms with Gasteiger partial charge in [-0.1, -0.05) is 25.4 Å². The minimum Gasteiger partial charge on any atom is -0.310 e. The first-order chi connectivity index (χ1) is 8.13. The van der Waals surface area contributed by atoms with E-state index >= 15 is 0 Å². The van der Waals surface area contributed by atoms with Crippen molar-refractivity contribution in [3.05, 3.63) is 16.4 Å². The molecule has 0 amide bonds. The predicted molar refractivity (Wildman–Crippen MR) is 78.3 cm³/mol. The van der Waals surface area contributed by atoms with Gasteiger partial charge in [0.25, 0.3) is 0 Å². The topological polar surface area (TPSA) is 29.9 Å². The Morgan fingerprint density at radius 2 is 1.83 bits per heavy atom. The molecule has 104 valence electrons. The number of nitrogens with zero attached hydrogens (tertiary/aromatic N) is 2. The summed E-state index contributed by atoms with van der Waals surface area (Å²) in [4.78, 5) is 0. The maximum Gasteiger partial charge on any atom is 0.0844 e. The Labute approximate surface area is 116 Å². The molecule has 18 heavy (non-hydrogen) atoms. The molecule has 1 rings (SSSR count). The van der Waals surface area contributed by atoms with Crippen LogP contribution in [0.25, 0.3) is 0 Å². The molecule has 0 saturated heterocycles. The molecule has 1 N–H and O–H groups in total. The van der Waals surface area contributed by atoms with Gasteiger partial charge in [-0.2, -0.15) is 5.10 Å². The Hall–Kier alpha value is -0.540. The zero-order valence-electron chi connectivity index (χ0n) is 12.6. The number of hydrogen-bond donors (Lipinski definition) is 1. The van der Waals surface area contributed by atoms with Crippen LogP contribution in [0.3, 0.4) is 0 Å². The van der Waals surface area contributed by atoms with Crippen LogP contribution < -0.4 is 5.32 Å². The third-order valence-electron chi connectivity index (χ3n) is 3.16. The smallest absolute Gasteiger partial charge is 0.0844 e. The Morgan fingerprint density at radius 3 is 2.17 bits per heavy atom. The molecule has 0 radical (unpaired) electrons. The number of hydrogen-bond acceptors (Lipinski definition) is 2. The summed E-state index contributed by atoms with van der Waals surface area (Å²) in [6.45, 7) is 15.9. The van der Waals surface area contributed by atoms with Gasteiger partial charge >= 0.3 is 0 Å². The van der Waals surface area contributed by atoms with Gasteiger partial charge in [0.15, 0.2) is 0 Å². The van der Waals surface area contributed by atoms with E-state index in [-0.39, 0.29) is 5.54 Å². The highest BCUT2D eigenvalue weighted by molar-refractivity contribution is 6.31. The van der Waals surface area contributed by atoms with Gasteiger partial charge in [0.1, 0.15) is 0 Å². The van der Waals surface area contributed by atoms with Crippen LogP contribution in [-0.2, 0) is 0 Å². The van der Waals surface area contributed by atoms with Gasteiger partial charge in [-0.3, -0.25) is 4.68 Å². The highest BCUT2D eigenvalue weighted by Crippen LogP contribution is 2.26. The van der Waals surface area contributed by atoms with E-state index in [1.165, 1.54) is 0 Å². The Balaban J connectivity index is 2.95. The molecular weight excluding hydrogens is 246 g/mol. The standard InChI is InChI=1S/C14H26ClN3/c1-9(2)12(8-16-14(5,6)7)18-11(4)13(15)10(3)17-18/h9,12,16H,8H2,1-7H3. The predicted octanol–water partition coefficient (Wildman–Crippen LogP) is 3.74. The Kier molecular flexibility index (Phi) is 4.84. The van der Waals surface area contributed by atoms with Crippen LogP contribution in [0.1, 0.15) is 52.0 Å². The lowest BCUT2D eigenvalue weighted by molar-refractivity contribution is 0.290. The first-order valence-electron chi connectivity index (χ1n) is 6.59. The van der Waals surface area contributed by atoms with Crippen LogP contribution in [-0.4, -0.2) is 21.9 Å². The summed E-state index contributed by atoms with van der Waals surface area (Å²) < 4.78 is 2.07. The summed E-state index contributed by atoms with van der Waals surface area (Å²) in [5.74, 6) is 0.508. The summed E-state index contributed by atoms with van der Waals surface area (Å²) in [6.07, 6.45) is 0. The molecule has 1 aromatic rings. The molecule has 0 aliphatic carbocycles. The monoisotopic (exact) mass is 271 g/mol. The molecule has 0 aliphatic heterocycles. The fourth-order valence-corrected chi connectivity index (χ4v) is 2.11. The normalized spacial score (nSPS) is 14.3. The molecule has 4 heteroatoms. The fraction of sp³-hybridized carbons (Fsp3) is 0.786. The van der Waals surface area contributed by atoms with E-state index < -0.39 is 0 Å². The second kappa shape index (κ2) is 5.62. The summed E-state index contributed by atoms with van der Waals surface area (Å²) in [7, 11) is 0. The Morgan fingerprint density at radius 1 is 1.28 bits per heavy atom. The minimum absolute atomic E-state index is 0.118. The minimum atomic E-state index is 0.118. The van der Waals surface area contributed by atoms with Crippen LogP contribution in [0.4, 0.5) is 0 Å². The van der Waals surface area contributed by atoms with Crippen molar-refractivity contribution in [2.75, 3.05) is 6.54 Å². The van der Waals surface area contributed by atoms with Crippen LogP contribution in [0.5, 0.6) is 0 Å². The second-order valence-corrected chi connectivity index (χ2v) is 6.75. The molecule has 0 aliphatic rings. The largest absolute Gasteiger partial charge is 0.310 e. The van der Waals surface area contributed by atoms with Crippen LogP contribution >= 0.6 is 11.6 Å². The number of aryl methyl sites for hydroxylation is 1. The molecule has 3 nitrogen and oxygen atoms in total. The number of halogens is 1. The number of aromatic nitrogens is 2. The number of nitrogens with one attached hydrogen (secondary N) is 1. The summed E-state index contributed by atoms with van der Waals surface area (Å²) >= 11 is 6.23. The maximum atomic E-state index is 6.23. The molecule has 0 saturated carbocycles. The van der Waals surface area contributed by atoms with E-state index in [1.54, 1.807) is 0 Å². The van der Waals surface area contributed by atoms with Crippen LogP contribution in [0, 0.1) is 19.8 Å². The quantitative estimate of drug-likeness (QED) is 0.904. The van der Waals surface area contributed by atoms with E-state index in [4.69, 9.17) is 11.6 Å². The third-order valence-corrected chi connectivity index (χ3v) is 3.71. The lowest BCUT2D eigenvalue weighted by Crippen LogP contribution is -2.41. The van der Waals surface area contributed by atoms with Gasteiger partial charge in [0.05, 0.1) is 22.5 Å². The van der Waals surface area contributed by atoms with E-state index in [1.807, 2.05) is 13.8 Å². The lowest BCUT2D eigenvalue weighted by atomic mass is 10.0. The second-order valence-electron chi connectivity index (χ2n) is 6.37. The van der Waals surface area contributed by atoms with Crippen LogP contribution in [0.15, 0.2) is 0 Å². The van der Waals surface area contributed by atoms with Gasteiger partial charge in [-0.15, -0.1) is 0 Å². The first-order valence-corrected chi connectivity index (χ1v) is 6.97. The molecule has 1 unspecified atom stereocenters. The third kappa shape index (κ3) is 3.72. The lowest BCUT2D eigenvalue weighted by Gasteiger charge is -2.28. The average Bonchev–Trinajstić information content (AvgIpc) is 2.45. The van der Waals surface area contributed by atoms with E-state index in [2.05, 4.69) is 49.7 Å². The maximum absolute atomic E-state index is 6.23. The molecule has 0 fully saturated rings. The van der Waals surface area contributed by atoms with Gasteiger partial charge < -0.3 is 5.32 Å². The van der Waals surface area contributed by atoms with E-state index in [9.17, 15) is 0 Å². The summed E-state index contributed by atoms with van der Waals surface area (Å²) in [5.41, 5.74) is 2.09. The zero-order valence-corrected chi connectivity index (χ0v) is 13.4. The fourth-order valence-electron chi connectivity index (χ4n) is 1.98. The van der Waals surface area contributed by atoms with Crippen molar-refractivity contribution in [3.63, 3.8) is 0 Å². The van der Waals surface area contributed by atoms with Gasteiger partial charge in [0, 0.05) is 12.1 Å². The molecule has 0 aromatic carbocycles. The zero-order chi connectivity index (χ0) is 14.1. The van der Waals surface area contributed by atoms with Crippen molar-refractivity contribution >= 4 is 11.6 Å². The van der Waals surface area contributed by atoms with E-state index in [0.29, 0.717) is 12.0 Å². The van der Waals surface area contributed by atoms with Crippen LogP contribution in [0.2, 0.25) is 5.02 Å². The molecule has 1 aromatic heterocycles. The van der Waals surface area contributed by atoms with Crippen molar-refractivity contribution in [2.24, 2.45) is 5.92 Å². The summed E-state index contributed by atoms with van der Waals surface area (Å²) in [6, 6.07) is 0.329. The highest BCUT2D eigenvalue weighted by Gasteiger charge is 2.22. The Bertz CT molecular complexity index is 402. The molecule has 0 bridgehead atoms. The highest BCUT2D eigenvalue weighted by atomic mass is 35.5. The molecule has 0 spiro atoms. The molecular formula is C14H26ClN3. The van der Waals surface area contributed by atoms with Crippen molar-refractivity contribution in [1.29, 1.82) is 0 Å². The van der Waals surface area contributed by atoms with Crippen molar-refractivity contribution < 1.29 is 0 Å². The van der Waals surface area contributed by atoms with E-state index in [0.717, 1.165) is 23.0 Å². The van der Waals surface area contributed by atoms with Gasteiger partial charge in [-0.05, 0) is 40.5 Å². The number of rotatable bonds is 4.